The second-order valence-corrected chi connectivity index (χ2v) is 4.70. The molecular weight excluding hydrogens is 315 g/mol. The number of carbonyl (C=O) groups excluding carboxylic acids is 1. The minimum atomic E-state index is -0.437. The third-order valence-electron chi connectivity index (χ3n) is 2.46. The van der Waals surface area contributed by atoms with Crippen molar-refractivity contribution < 1.29 is 14.3 Å². The van der Waals surface area contributed by atoms with E-state index in [-0.39, 0.29) is 17.0 Å². The summed E-state index contributed by atoms with van der Waals surface area (Å²) in [6.45, 7) is 0. The summed E-state index contributed by atoms with van der Waals surface area (Å²) in [5.74, 6) is -0.852. The second kappa shape index (κ2) is 5.27. The molecule has 0 aliphatic rings. The molecule has 0 atom stereocenters. The molecule has 6 heteroatoms. The summed E-state index contributed by atoms with van der Waals surface area (Å²) in [5, 5.41) is 11.8. The molecule has 0 aromatic heterocycles. The second-order valence-electron chi connectivity index (χ2n) is 3.85. The zero-order chi connectivity index (χ0) is 14.0. The summed E-state index contributed by atoms with van der Waals surface area (Å²) >= 11 is 3.12. The lowest BCUT2D eigenvalue weighted by atomic mass is 10.2. The highest BCUT2D eigenvalue weighted by molar-refractivity contribution is 9.10. The van der Waals surface area contributed by atoms with E-state index in [2.05, 4.69) is 21.2 Å². The van der Waals surface area contributed by atoms with Crippen molar-refractivity contribution in [3.63, 3.8) is 0 Å². The van der Waals surface area contributed by atoms with Gasteiger partial charge in [-0.05, 0) is 46.3 Å². The molecule has 2 rings (SSSR count). The van der Waals surface area contributed by atoms with Crippen LogP contribution in [0.4, 0.5) is 15.8 Å². The minimum Gasteiger partial charge on any atom is -0.508 e. The van der Waals surface area contributed by atoms with Crippen molar-refractivity contribution in [3.05, 3.63) is 52.3 Å². The van der Waals surface area contributed by atoms with Gasteiger partial charge in [0.15, 0.2) is 0 Å². The molecule has 98 valence electrons. The highest BCUT2D eigenvalue weighted by atomic mass is 79.9. The summed E-state index contributed by atoms with van der Waals surface area (Å²) in [5.41, 5.74) is 6.57. The van der Waals surface area contributed by atoms with Crippen molar-refractivity contribution in [1.82, 2.24) is 0 Å². The quantitative estimate of drug-likeness (QED) is 0.586. The van der Waals surface area contributed by atoms with Crippen LogP contribution in [0.25, 0.3) is 0 Å². The fourth-order valence-corrected chi connectivity index (χ4v) is 2.06. The molecule has 2 aromatic carbocycles. The standard InChI is InChI=1S/C13H10BrFN2O2/c14-10-5-7(15)1-3-9(10)13(19)17-12-4-2-8(18)6-11(12)16/h1-6,18H,16H2,(H,17,19). The van der Waals surface area contributed by atoms with Crippen LogP contribution in [0.3, 0.4) is 0 Å². The average Bonchev–Trinajstić information content (AvgIpc) is 2.32. The monoisotopic (exact) mass is 324 g/mol. The molecule has 4 nitrogen and oxygen atoms in total. The number of aromatic hydroxyl groups is 1. The van der Waals surface area contributed by atoms with Gasteiger partial charge < -0.3 is 16.2 Å². The number of benzene rings is 2. The summed E-state index contributed by atoms with van der Waals surface area (Å²) in [4.78, 5) is 12.0. The first kappa shape index (κ1) is 13.4. The molecule has 1 amide bonds. The summed E-state index contributed by atoms with van der Waals surface area (Å²) in [6.07, 6.45) is 0. The maximum Gasteiger partial charge on any atom is 0.256 e. The third-order valence-corrected chi connectivity index (χ3v) is 3.12. The van der Waals surface area contributed by atoms with E-state index < -0.39 is 11.7 Å². The number of nitrogens with two attached hydrogens (primary N) is 1. The number of carbonyl (C=O) groups is 1. The predicted molar refractivity (Wildman–Crippen MR) is 74.6 cm³/mol. The normalized spacial score (nSPS) is 10.2. The molecule has 0 saturated heterocycles. The number of hydrogen-bond acceptors (Lipinski definition) is 3. The lowest BCUT2D eigenvalue weighted by molar-refractivity contribution is 0.102. The minimum absolute atomic E-state index is 0.0125. The predicted octanol–water partition coefficient (Wildman–Crippen LogP) is 3.13. The number of phenols is 1. The van der Waals surface area contributed by atoms with Crippen molar-refractivity contribution >= 4 is 33.2 Å². The van der Waals surface area contributed by atoms with Crippen molar-refractivity contribution in [2.45, 2.75) is 0 Å². The van der Waals surface area contributed by atoms with Gasteiger partial charge in [0.1, 0.15) is 11.6 Å². The Morgan fingerprint density at radius 2 is 2.00 bits per heavy atom. The average molecular weight is 325 g/mol. The Bertz CT molecular complexity index is 647. The van der Waals surface area contributed by atoms with Gasteiger partial charge >= 0.3 is 0 Å². The molecule has 0 fully saturated rings. The van der Waals surface area contributed by atoms with Gasteiger partial charge in [0.2, 0.25) is 0 Å². The number of amides is 1. The molecule has 0 unspecified atom stereocenters. The van der Waals surface area contributed by atoms with Crippen LogP contribution in [-0.4, -0.2) is 11.0 Å². The number of nitrogens with one attached hydrogen (secondary N) is 1. The Hall–Kier alpha value is -2.08. The smallest absolute Gasteiger partial charge is 0.256 e. The van der Waals surface area contributed by atoms with Gasteiger partial charge in [-0.25, -0.2) is 4.39 Å². The van der Waals surface area contributed by atoms with E-state index in [4.69, 9.17) is 5.73 Å². The summed E-state index contributed by atoms with van der Waals surface area (Å²) in [6, 6.07) is 7.99. The first-order chi connectivity index (χ1) is 8.97. The van der Waals surface area contributed by atoms with Crippen molar-refractivity contribution in [3.8, 4) is 5.75 Å². The zero-order valence-electron chi connectivity index (χ0n) is 9.65. The Kier molecular flexibility index (Phi) is 3.71. The summed E-state index contributed by atoms with van der Waals surface area (Å²) in [7, 11) is 0. The largest absolute Gasteiger partial charge is 0.508 e. The first-order valence-corrected chi connectivity index (χ1v) is 6.11. The molecule has 0 saturated carbocycles. The van der Waals surface area contributed by atoms with E-state index in [0.717, 1.165) is 0 Å². The van der Waals surface area contributed by atoms with Gasteiger partial charge in [-0.1, -0.05) is 0 Å². The van der Waals surface area contributed by atoms with E-state index >= 15 is 0 Å². The fraction of sp³-hybridized carbons (Fsp3) is 0. The zero-order valence-corrected chi connectivity index (χ0v) is 11.2. The molecule has 0 spiro atoms. The molecule has 2 aromatic rings. The third kappa shape index (κ3) is 3.03. The van der Waals surface area contributed by atoms with Gasteiger partial charge in [0.05, 0.1) is 16.9 Å². The van der Waals surface area contributed by atoms with Gasteiger partial charge in [-0.15, -0.1) is 0 Å². The maximum atomic E-state index is 12.9. The van der Waals surface area contributed by atoms with E-state index in [1.54, 1.807) is 0 Å². The highest BCUT2D eigenvalue weighted by Gasteiger charge is 2.12. The van der Waals surface area contributed by atoms with Crippen molar-refractivity contribution in [2.24, 2.45) is 0 Å². The van der Waals surface area contributed by atoms with E-state index in [1.807, 2.05) is 0 Å². The molecule has 0 heterocycles. The lowest BCUT2D eigenvalue weighted by Crippen LogP contribution is -2.13. The van der Waals surface area contributed by atoms with E-state index in [9.17, 15) is 14.3 Å². The van der Waals surface area contributed by atoms with E-state index in [0.29, 0.717) is 10.2 Å². The molecule has 0 bridgehead atoms. The Morgan fingerprint density at radius 1 is 1.26 bits per heavy atom. The lowest BCUT2D eigenvalue weighted by Gasteiger charge is -2.09. The van der Waals surface area contributed by atoms with E-state index in [1.165, 1.54) is 36.4 Å². The number of halogens is 2. The number of rotatable bonds is 2. The van der Waals surface area contributed by atoms with Crippen LogP contribution in [0.5, 0.6) is 5.75 Å². The van der Waals surface area contributed by atoms with Crippen LogP contribution in [0.2, 0.25) is 0 Å². The SMILES string of the molecule is Nc1cc(O)ccc1NC(=O)c1ccc(F)cc1Br. The van der Waals surface area contributed by atoms with Crippen LogP contribution in [0.15, 0.2) is 40.9 Å². The summed E-state index contributed by atoms with van der Waals surface area (Å²) < 4.78 is 13.3. The van der Waals surface area contributed by atoms with Crippen LogP contribution in [0.1, 0.15) is 10.4 Å². The van der Waals surface area contributed by atoms with Crippen molar-refractivity contribution in [1.29, 1.82) is 0 Å². The van der Waals surface area contributed by atoms with Gasteiger partial charge in [0, 0.05) is 10.5 Å². The van der Waals surface area contributed by atoms with Crippen LogP contribution < -0.4 is 11.1 Å². The molecule has 0 aliphatic heterocycles. The van der Waals surface area contributed by atoms with Crippen LogP contribution in [0, 0.1) is 5.82 Å². The number of anilines is 2. The van der Waals surface area contributed by atoms with Crippen molar-refractivity contribution in [2.75, 3.05) is 11.1 Å². The fourth-order valence-electron chi connectivity index (χ4n) is 1.53. The number of phenolic OH excluding ortho intramolecular Hbond substituents is 1. The van der Waals surface area contributed by atoms with Gasteiger partial charge in [-0.3, -0.25) is 4.79 Å². The van der Waals surface area contributed by atoms with Crippen LogP contribution in [-0.2, 0) is 0 Å². The van der Waals surface area contributed by atoms with Gasteiger partial charge in [-0.2, -0.15) is 0 Å². The van der Waals surface area contributed by atoms with Gasteiger partial charge in [0.25, 0.3) is 5.91 Å². The molecule has 4 N–H and O–H groups in total. The molecule has 0 aliphatic carbocycles. The van der Waals surface area contributed by atoms with Crippen LogP contribution >= 0.6 is 15.9 Å². The Balaban J connectivity index is 2.25. The molecular formula is C13H10BrFN2O2. The topological polar surface area (TPSA) is 75.3 Å². The highest BCUT2D eigenvalue weighted by Crippen LogP contribution is 2.25. The number of nitrogen functional groups attached to an aromatic ring is 1. The molecule has 0 radical (unpaired) electrons. The maximum absolute atomic E-state index is 12.9. The number of hydrogen-bond donors (Lipinski definition) is 3. The Labute approximate surface area is 117 Å². The first-order valence-electron chi connectivity index (χ1n) is 5.32. The Morgan fingerprint density at radius 3 is 2.63 bits per heavy atom. The molecule has 19 heavy (non-hydrogen) atoms.